The van der Waals surface area contributed by atoms with Gasteiger partial charge in [-0.05, 0) is 37.6 Å². The highest BCUT2D eigenvalue weighted by atomic mass is 35.5. The van der Waals surface area contributed by atoms with Crippen molar-refractivity contribution >= 4 is 27.9 Å². The summed E-state index contributed by atoms with van der Waals surface area (Å²) in [4.78, 5) is 15.4. The molecule has 39 heavy (non-hydrogen) atoms. The molecule has 1 unspecified atom stereocenters. The van der Waals surface area contributed by atoms with E-state index in [0.29, 0.717) is 36.8 Å². The first-order chi connectivity index (χ1) is 18.2. The summed E-state index contributed by atoms with van der Waals surface area (Å²) in [5.74, 6) is 0.100. The number of rotatable bonds is 15. The summed E-state index contributed by atoms with van der Waals surface area (Å²) >= 11 is 5.89. The lowest BCUT2D eigenvalue weighted by atomic mass is 10.2. The van der Waals surface area contributed by atoms with Crippen LogP contribution in [0.15, 0.2) is 36.5 Å². The third-order valence-corrected chi connectivity index (χ3v) is 6.50. The van der Waals surface area contributed by atoms with Crippen molar-refractivity contribution in [3.63, 3.8) is 0 Å². The van der Waals surface area contributed by atoms with Gasteiger partial charge in [-0.15, -0.1) is 0 Å². The highest BCUT2D eigenvalue weighted by Gasteiger charge is 2.32. The molecule has 1 amide bonds. The molecule has 1 aromatic heterocycles. The van der Waals surface area contributed by atoms with E-state index in [0.717, 1.165) is 0 Å². The van der Waals surface area contributed by atoms with E-state index < -0.39 is 52.3 Å². The molecule has 2 aromatic rings. The fourth-order valence-electron chi connectivity index (χ4n) is 2.89. The molecule has 0 spiro atoms. The SMILES string of the molecule is COCCOc1ccc(CN(C(=O)O)S(=O)(=O)NCC(COC(C)C)Oc2ncc(C(F)(F)F)cc2Cl)cc1. The molecule has 16 heteroatoms. The van der Waals surface area contributed by atoms with Crippen LogP contribution in [0.2, 0.25) is 5.02 Å². The quantitative estimate of drug-likeness (QED) is 0.291. The van der Waals surface area contributed by atoms with Gasteiger partial charge in [0.2, 0.25) is 5.88 Å². The summed E-state index contributed by atoms with van der Waals surface area (Å²) in [6, 6.07) is 6.75. The normalized spacial score (nSPS) is 12.8. The molecular weight excluding hydrogens is 571 g/mol. The lowest BCUT2D eigenvalue weighted by Crippen LogP contribution is -2.47. The summed E-state index contributed by atoms with van der Waals surface area (Å²) in [5.41, 5.74) is -0.735. The number of methoxy groups -OCH3 is 1. The summed E-state index contributed by atoms with van der Waals surface area (Å²) in [5, 5.41) is 9.11. The number of hydrogen-bond acceptors (Lipinski definition) is 8. The van der Waals surface area contributed by atoms with Crippen molar-refractivity contribution in [3.8, 4) is 11.6 Å². The van der Waals surface area contributed by atoms with Crippen LogP contribution in [0.4, 0.5) is 18.0 Å². The smallest absolute Gasteiger partial charge is 0.422 e. The van der Waals surface area contributed by atoms with Crippen LogP contribution in [0.5, 0.6) is 11.6 Å². The van der Waals surface area contributed by atoms with E-state index in [-0.39, 0.29) is 22.9 Å². The van der Waals surface area contributed by atoms with Crippen LogP contribution in [-0.2, 0) is 32.4 Å². The van der Waals surface area contributed by atoms with Crippen LogP contribution < -0.4 is 14.2 Å². The molecule has 0 aliphatic carbocycles. The highest BCUT2D eigenvalue weighted by molar-refractivity contribution is 7.87. The van der Waals surface area contributed by atoms with Crippen molar-refractivity contribution in [1.82, 2.24) is 14.0 Å². The Morgan fingerprint density at radius 2 is 1.87 bits per heavy atom. The molecule has 0 aliphatic heterocycles. The molecule has 11 nitrogen and oxygen atoms in total. The van der Waals surface area contributed by atoms with Gasteiger partial charge < -0.3 is 24.1 Å². The van der Waals surface area contributed by atoms with Gasteiger partial charge in [0.05, 0.1) is 38.0 Å². The first kappa shape index (κ1) is 32.4. The molecule has 2 N–H and O–H groups in total. The minimum atomic E-state index is -4.68. The van der Waals surface area contributed by atoms with E-state index in [2.05, 4.69) is 9.71 Å². The van der Waals surface area contributed by atoms with Gasteiger partial charge in [-0.1, -0.05) is 23.7 Å². The summed E-state index contributed by atoms with van der Waals surface area (Å²) in [6.45, 7) is 2.83. The van der Waals surface area contributed by atoms with Gasteiger partial charge in [0.25, 0.3) is 0 Å². The standard InChI is InChI=1S/C23H29ClF3N3O8S/c1-15(2)37-14-19(38-21-20(24)10-17(11-28-21)23(25,26)27)12-29-39(33,34)30(22(31)32)13-16-4-6-18(7-5-16)36-9-8-35-3/h4-7,10-11,15,19,29H,8-9,12-14H2,1-3H3,(H,31,32). The topological polar surface area (TPSA) is 137 Å². The predicted octanol–water partition coefficient (Wildman–Crippen LogP) is 3.97. The number of ether oxygens (including phenoxy) is 4. The molecule has 1 heterocycles. The molecule has 0 aliphatic rings. The van der Waals surface area contributed by atoms with Gasteiger partial charge in [0, 0.05) is 13.3 Å². The fourth-order valence-corrected chi connectivity index (χ4v) is 4.18. The summed E-state index contributed by atoms with van der Waals surface area (Å²) in [7, 11) is -3.09. The maximum atomic E-state index is 12.9. The number of nitrogens with zero attached hydrogens (tertiary/aromatic N) is 2. The molecule has 1 aromatic carbocycles. The van der Waals surface area contributed by atoms with Crippen molar-refractivity contribution in [3.05, 3.63) is 52.7 Å². The number of hydrogen-bond donors (Lipinski definition) is 2. The van der Waals surface area contributed by atoms with Crippen molar-refractivity contribution < 1.29 is 50.4 Å². The summed E-state index contributed by atoms with van der Waals surface area (Å²) in [6.07, 6.45) is -7.33. The molecule has 218 valence electrons. The lowest BCUT2D eigenvalue weighted by Gasteiger charge is -2.24. The molecule has 1 atom stereocenters. The zero-order valence-electron chi connectivity index (χ0n) is 21.3. The number of aromatic nitrogens is 1. The van der Waals surface area contributed by atoms with Crippen LogP contribution in [0.25, 0.3) is 0 Å². The molecule has 0 radical (unpaired) electrons. The number of carboxylic acid groups (broad SMARTS) is 1. The zero-order chi connectivity index (χ0) is 29.2. The van der Waals surface area contributed by atoms with Gasteiger partial charge >= 0.3 is 22.5 Å². The molecule has 0 saturated heterocycles. The molecule has 2 rings (SSSR count). The van der Waals surface area contributed by atoms with E-state index in [1.165, 1.54) is 19.2 Å². The van der Waals surface area contributed by atoms with Crippen LogP contribution in [0.1, 0.15) is 25.0 Å². The Labute approximate surface area is 229 Å². The highest BCUT2D eigenvalue weighted by Crippen LogP contribution is 2.33. The van der Waals surface area contributed by atoms with Crippen LogP contribution in [0.3, 0.4) is 0 Å². The average Bonchev–Trinajstić information content (AvgIpc) is 2.85. The zero-order valence-corrected chi connectivity index (χ0v) is 22.8. The Kier molecular flexibility index (Phi) is 12.0. The number of amides is 1. The molecule has 0 fully saturated rings. The third-order valence-electron chi connectivity index (χ3n) is 4.83. The van der Waals surface area contributed by atoms with Crippen LogP contribution in [0, 0.1) is 0 Å². The van der Waals surface area contributed by atoms with Gasteiger partial charge in [-0.3, -0.25) is 0 Å². The number of carbonyl (C=O) groups is 1. The van der Waals surface area contributed by atoms with Crippen molar-refractivity contribution in [2.24, 2.45) is 0 Å². The largest absolute Gasteiger partial charge is 0.491 e. The lowest BCUT2D eigenvalue weighted by molar-refractivity contribution is -0.137. The van der Waals surface area contributed by atoms with Gasteiger partial charge in [-0.25, -0.2) is 9.78 Å². The minimum absolute atomic E-state index is 0.192. The molecule has 0 bridgehead atoms. The van der Waals surface area contributed by atoms with Gasteiger partial charge in [-0.2, -0.15) is 30.6 Å². The maximum Gasteiger partial charge on any atom is 0.422 e. The Hall–Kier alpha value is -2.85. The van der Waals surface area contributed by atoms with Crippen molar-refractivity contribution in [2.45, 2.75) is 38.8 Å². The number of pyridine rings is 1. The minimum Gasteiger partial charge on any atom is -0.491 e. The van der Waals surface area contributed by atoms with E-state index in [1.54, 1.807) is 26.0 Å². The Morgan fingerprint density at radius 1 is 1.21 bits per heavy atom. The number of benzene rings is 1. The number of halogens is 4. The predicted molar refractivity (Wildman–Crippen MR) is 134 cm³/mol. The second-order valence-electron chi connectivity index (χ2n) is 8.26. The van der Waals surface area contributed by atoms with E-state index in [4.69, 9.17) is 30.5 Å². The number of alkyl halides is 3. The van der Waals surface area contributed by atoms with Crippen molar-refractivity contribution in [1.29, 1.82) is 0 Å². The summed E-state index contributed by atoms with van der Waals surface area (Å²) < 4.78 is 88.0. The first-order valence-electron chi connectivity index (χ1n) is 11.4. The monoisotopic (exact) mass is 599 g/mol. The van der Waals surface area contributed by atoms with Crippen LogP contribution in [-0.4, -0.2) is 74.6 Å². The third kappa shape index (κ3) is 10.7. The Morgan fingerprint density at radius 3 is 2.41 bits per heavy atom. The Balaban J connectivity index is 2.13. The van der Waals surface area contributed by atoms with E-state index >= 15 is 0 Å². The second-order valence-corrected chi connectivity index (χ2v) is 10.3. The fraction of sp³-hybridized carbons (Fsp3) is 0.478. The number of nitrogens with one attached hydrogen (secondary N) is 1. The van der Waals surface area contributed by atoms with Crippen molar-refractivity contribution in [2.75, 3.05) is 33.5 Å². The maximum absolute atomic E-state index is 12.9. The van der Waals surface area contributed by atoms with Gasteiger partial charge in [0.1, 0.15) is 23.5 Å². The average molecular weight is 600 g/mol. The van der Waals surface area contributed by atoms with E-state index in [9.17, 15) is 31.5 Å². The first-order valence-corrected chi connectivity index (χ1v) is 13.3. The second kappa shape index (κ2) is 14.5. The van der Waals surface area contributed by atoms with Crippen LogP contribution >= 0.6 is 11.6 Å². The molecular formula is C23H29ClF3N3O8S. The Bertz CT molecular complexity index is 1180. The van der Waals surface area contributed by atoms with Gasteiger partial charge in [0.15, 0.2) is 0 Å². The molecule has 0 saturated carbocycles. The van der Waals surface area contributed by atoms with E-state index in [1.807, 2.05) is 0 Å².